The van der Waals surface area contributed by atoms with Crippen LogP contribution in [-0.2, 0) is 0 Å². The summed E-state index contributed by atoms with van der Waals surface area (Å²) < 4.78 is 0. The van der Waals surface area contributed by atoms with E-state index < -0.39 is 8.07 Å². The maximum Gasteiger partial charge on any atom is 0.141 e. The van der Waals surface area contributed by atoms with Crippen molar-refractivity contribution in [3.05, 3.63) is 229 Å². The third kappa shape index (κ3) is 4.59. The first kappa shape index (κ1) is 29.9. The molecule has 0 amide bonds. The van der Waals surface area contributed by atoms with Crippen molar-refractivity contribution in [1.29, 1.82) is 0 Å². The van der Waals surface area contributed by atoms with Crippen LogP contribution in [0, 0.1) is 0 Å². The van der Waals surface area contributed by atoms with Crippen LogP contribution >= 0.6 is 0 Å². The smallest absolute Gasteiger partial charge is 0.0625 e. The predicted octanol–water partition coefficient (Wildman–Crippen LogP) is 11.3. The maximum absolute atomic E-state index is 2.93. The molecule has 0 fully saturated rings. The van der Waals surface area contributed by atoms with Gasteiger partial charge in [-0.3, -0.25) is 0 Å². The minimum atomic E-state index is -2.93. The molecule has 2 aliphatic carbocycles. The average Bonchev–Trinajstić information content (AvgIpc) is 3.73. The maximum atomic E-state index is 2.54. The average molecular weight is 665 g/mol. The molecule has 51 heavy (non-hydrogen) atoms. The van der Waals surface area contributed by atoms with Crippen LogP contribution in [0.5, 0.6) is 0 Å². The summed E-state index contributed by atoms with van der Waals surface area (Å²) in [4.78, 5) is 0. The molecule has 0 aromatic heterocycles. The van der Waals surface area contributed by atoms with Crippen LogP contribution in [-0.4, -0.2) is 8.07 Å². The Morgan fingerprint density at radius 3 is 1.02 bits per heavy atom. The second-order valence-corrected chi connectivity index (χ2v) is 18.0. The summed E-state index contributed by atoms with van der Waals surface area (Å²) >= 11 is 0. The Morgan fingerprint density at radius 1 is 0.255 bits per heavy atom. The lowest BCUT2D eigenvalue weighted by atomic mass is 9.98. The van der Waals surface area contributed by atoms with Crippen molar-refractivity contribution in [2.75, 3.05) is 0 Å². The summed E-state index contributed by atoms with van der Waals surface area (Å²) in [6.07, 6.45) is 0. The first-order valence-corrected chi connectivity index (χ1v) is 20.2. The Labute approximate surface area is 301 Å². The highest BCUT2D eigenvalue weighted by Crippen LogP contribution is 2.58. The molecule has 0 heterocycles. The highest BCUT2D eigenvalue weighted by molar-refractivity contribution is 7.05. The number of hydrogen-bond donors (Lipinski definition) is 0. The van der Waals surface area contributed by atoms with Crippen LogP contribution in [0.4, 0.5) is 0 Å². The zero-order chi connectivity index (χ0) is 33.8. The van der Waals surface area contributed by atoms with Crippen LogP contribution in [0.25, 0.3) is 44.5 Å². The second kappa shape index (κ2) is 12.1. The van der Waals surface area contributed by atoms with E-state index >= 15 is 0 Å². The molecule has 1 heteroatoms. The molecule has 0 spiro atoms. The normalized spacial score (nSPS) is 13.3. The molecule has 0 bridgehead atoms. The van der Waals surface area contributed by atoms with Gasteiger partial charge in [-0.1, -0.05) is 217 Å². The van der Waals surface area contributed by atoms with E-state index in [1.54, 1.807) is 0 Å². The highest BCUT2D eigenvalue weighted by atomic mass is 28.3. The Kier molecular flexibility index (Phi) is 7.08. The van der Waals surface area contributed by atoms with E-state index in [4.69, 9.17) is 0 Å². The number of hydrogen-bond acceptors (Lipinski definition) is 0. The molecule has 0 saturated carbocycles. The van der Waals surface area contributed by atoms with Gasteiger partial charge in [0.05, 0.1) is 0 Å². The SMILES string of the molecule is c1ccc(-c2ccc3c(c2)C([Si](c2ccccc2)(c2ccccc2)C2c4ccccc4-c4ccccc42)c2cc(-c4ccccc4)ccc2-3)cc1. The van der Waals surface area contributed by atoms with Gasteiger partial charge in [-0.15, -0.1) is 0 Å². The molecule has 0 aliphatic heterocycles. The summed E-state index contributed by atoms with van der Waals surface area (Å²) in [5.74, 6) is 0. The van der Waals surface area contributed by atoms with Gasteiger partial charge in [-0.25, -0.2) is 0 Å². The van der Waals surface area contributed by atoms with Gasteiger partial charge in [0.2, 0.25) is 0 Å². The standard InChI is InChI=1S/C50H36Si/c1-5-17-35(18-6-1)37-29-31-43-44-32-30-38(36-19-7-2-8-20-36)34-48(44)50(47(43)33-37)51(39-21-9-3-10-22-39,40-23-11-4-12-24-40)49-45-27-15-13-25-41(45)42-26-14-16-28-46(42)49/h1-34,49-50H. The van der Waals surface area contributed by atoms with Crippen molar-refractivity contribution in [3.63, 3.8) is 0 Å². The van der Waals surface area contributed by atoms with E-state index in [0.717, 1.165) is 0 Å². The molecule has 10 rings (SSSR count). The van der Waals surface area contributed by atoms with E-state index in [1.807, 2.05) is 0 Å². The third-order valence-corrected chi connectivity index (χ3v) is 17.1. The lowest BCUT2D eigenvalue weighted by Gasteiger charge is -2.45. The Morgan fingerprint density at radius 2 is 0.588 bits per heavy atom. The van der Waals surface area contributed by atoms with Gasteiger partial charge >= 0.3 is 0 Å². The number of rotatable bonds is 6. The first-order chi connectivity index (χ1) is 25.3. The predicted molar refractivity (Wildman–Crippen MR) is 216 cm³/mol. The van der Waals surface area contributed by atoms with Crippen molar-refractivity contribution < 1.29 is 0 Å². The van der Waals surface area contributed by atoms with Gasteiger partial charge in [0.15, 0.2) is 0 Å². The van der Waals surface area contributed by atoms with E-state index in [-0.39, 0.29) is 11.1 Å². The molecule has 8 aromatic carbocycles. The topological polar surface area (TPSA) is 0 Å². The summed E-state index contributed by atoms with van der Waals surface area (Å²) in [7, 11) is -2.93. The Bertz CT molecular complexity index is 2350. The zero-order valence-corrected chi connectivity index (χ0v) is 29.3. The minimum absolute atomic E-state index is 0.142. The molecular formula is C50H36Si. The highest BCUT2D eigenvalue weighted by Gasteiger charge is 2.57. The molecule has 0 saturated heterocycles. The van der Waals surface area contributed by atoms with Crippen molar-refractivity contribution in [2.24, 2.45) is 0 Å². The van der Waals surface area contributed by atoms with Crippen molar-refractivity contribution >= 4 is 18.4 Å². The van der Waals surface area contributed by atoms with Gasteiger partial charge in [0.25, 0.3) is 0 Å². The zero-order valence-electron chi connectivity index (χ0n) is 28.3. The quantitative estimate of drug-likeness (QED) is 0.155. The second-order valence-electron chi connectivity index (χ2n) is 14.0. The fourth-order valence-electron chi connectivity index (χ4n) is 9.45. The van der Waals surface area contributed by atoms with E-state index in [9.17, 15) is 0 Å². The first-order valence-electron chi connectivity index (χ1n) is 18.0. The van der Waals surface area contributed by atoms with Crippen LogP contribution < -0.4 is 10.4 Å². The third-order valence-electron chi connectivity index (χ3n) is 11.5. The summed E-state index contributed by atoms with van der Waals surface area (Å²) in [5.41, 5.74) is 16.6. The summed E-state index contributed by atoms with van der Waals surface area (Å²) in [5, 5.41) is 2.93. The monoisotopic (exact) mass is 664 g/mol. The van der Waals surface area contributed by atoms with Gasteiger partial charge < -0.3 is 0 Å². The van der Waals surface area contributed by atoms with Gasteiger partial charge in [0, 0.05) is 11.1 Å². The molecule has 0 atom stereocenters. The number of benzene rings is 8. The summed E-state index contributed by atoms with van der Waals surface area (Å²) in [6.45, 7) is 0. The molecule has 240 valence electrons. The van der Waals surface area contributed by atoms with Gasteiger partial charge in [-0.05, 0) is 66.8 Å². The summed E-state index contributed by atoms with van der Waals surface area (Å²) in [6, 6.07) is 78.1. The van der Waals surface area contributed by atoms with E-state index in [0.29, 0.717) is 0 Å². The minimum Gasteiger partial charge on any atom is -0.0625 e. The van der Waals surface area contributed by atoms with Crippen molar-refractivity contribution in [2.45, 2.75) is 11.1 Å². The van der Waals surface area contributed by atoms with Gasteiger partial charge in [0.1, 0.15) is 8.07 Å². The van der Waals surface area contributed by atoms with E-state index in [1.165, 1.54) is 77.1 Å². The lowest BCUT2D eigenvalue weighted by molar-refractivity contribution is 1.04. The van der Waals surface area contributed by atoms with Crippen molar-refractivity contribution in [1.82, 2.24) is 0 Å². The Balaban J connectivity index is 1.37. The molecule has 2 aliphatic rings. The van der Waals surface area contributed by atoms with Crippen LogP contribution in [0.15, 0.2) is 206 Å². The molecule has 0 radical (unpaired) electrons. The van der Waals surface area contributed by atoms with Crippen molar-refractivity contribution in [3.8, 4) is 44.5 Å². The van der Waals surface area contributed by atoms with Crippen LogP contribution in [0.3, 0.4) is 0 Å². The molecule has 0 nitrogen and oxygen atoms in total. The lowest BCUT2D eigenvalue weighted by Crippen LogP contribution is -2.66. The molecule has 0 N–H and O–H groups in total. The molecular weight excluding hydrogens is 629 g/mol. The fourth-order valence-corrected chi connectivity index (χ4v) is 15.9. The van der Waals surface area contributed by atoms with Crippen LogP contribution in [0.1, 0.15) is 33.3 Å². The molecule has 8 aromatic rings. The molecule has 0 unspecified atom stereocenters. The van der Waals surface area contributed by atoms with Crippen LogP contribution in [0.2, 0.25) is 0 Å². The fraction of sp³-hybridized carbons (Fsp3) is 0.0400. The van der Waals surface area contributed by atoms with Gasteiger partial charge in [-0.2, -0.15) is 0 Å². The number of fused-ring (bicyclic) bond motifs is 6. The largest absolute Gasteiger partial charge is 0.141 e. The van der Waals surface area contributed by atoms with E-state index in [2.05, 4.69) is 206 Å². The Hall–Kier alpha value is -6.02.